The minimum Gasteiger partial charge on any atom is -0.479 e. The zero-order valence-electron chi connectivity index (χ0n) is 14.1. The van der Waals surface area contributed by atoms with E-state index in [0.29, 0.717) is 39.9 Å². The van der Waals surface area contributed by atoms with E-state index in [9.17, 15) is 4.79 Å². The quantitative estimate of drug-likeness (QED) is 0.647. The van der Waals surface area contributed by atoms with Gasteiger partial charge in [0.15, 0.2) is 6.10 Å². The van der Waals surface area contributed by atoms with Gasteiger partial charge in [0.05, 0.1) is 17.2 Å². The van der Waals surface area contributed by atoms with Crippen molar-refractivity contribution in [2.24, 2.45) is 0 Å². The molecule has 0 saturated heterocycles. The van der Waals surface area contributed by atoms with Crippen LogP contribution in [-0.2, 0) is 4.79 Å². The monoisotopic (exact) mass is 372 g/mol. The summed E-state index contributed by atoms with van der Waals surface area (Å²) in [6.07, 6.45) is 1.84. The highest BCUT2D eigenvalue weighted by Crippen LogP contribution is 2.25. The van der Waals surface area contributed by atoms with Crippen LogP contribution in [0.2, 0.25) is 5.02 Å². The van der Waals surface area contributed by atoms with E-state index in [1.807, 2.05) is 6.92 Å². The molecule has 0 aliphatic carbocycles. The highest BCUT2D eigenvalue weighted by Gasteiger charge is 2.18. The molecule has 7 heteroatoms. The Bertz CT molecular complexity index is 915. The standard InChI is InChI=1S/C19H17ClN2O4/c1-2-3-17(19(23)24)25-13-5-7-14(8-6-13)26-18-11-21-16-10-12(20)4-9-15(16)22-18/h4-11,17H,2-3H2,1H3,(H,23,24)/t17-/m1/s1. The molecule has 6 nitrogen and oxygen atoms in total. The Morgan fingerprint density at radius 3 is 2.58 bits per heavy atom. The number of halogens is 1. The number of ether oxygens (including phenoxy) is 2. The molecule has 3 aromatic rings. The normalized spacial score (nSPS) is 11.9. The van der Waals surface area contributed by atoms with Gasteiger partial charge in [0, 0.05) is 5.02 Å². The molecule has 0 amide bonds. The Balaban J connectivity index is 1.71. The van der Waals surface area contributed by atoms with E-state index >= 15 is 0 Å². The lowest BCUT2D eigenvalue weighted by atomic mass is 10.2. The zero-order chi connectivity index (χ0) is 18.5. The van der Waals surface area contributed by atoms with Crippen LogP contribution in [0.5, 0.6) is 17.4 Å². The third-order valence-corrected chi connectivity index (χ3v) is 3.87. The maximum absolute atomic E-state index is 11.2. The molecule has 0 bridgehead atoms. The van der Waals surface area contributed by atoms with Gasteiger partial charge in [-0.15, -0.1) is 0 Å². The molecule has 26 heavy (non-hydrogen) atoms. The number of fused-ring (bicyclic) bond motifs is 1. The fourth-order valence-corrected chi connectivity index (χ4v) is 2.55. The lowest BCUT2D eigenvalue weighted by molar-refractivity contribution is -0.145. The topological polar surface area (TPSA) is 81.5 Å². The third-order valence-electron chi connectivity index (χ3n) is 3.63. The molecule has 3 rings (SSSR count). The van der Waals surface area contributed by atoms with Gasteiger partial charge in [-0.05, 0) is 48.9 Å². The van der Waals surface area contributed by atoms with Gasteiger partial charge >= 0.3 is 5.97 Å². The van der Waals surface area contributed by atoms with Crippen LogP contribution >= 0.6 is 11.6 Å². The summed E-state index contributed by atoms with van der Waals surface area (Å²) in [7, 11) is 0. The molecule has 0 aliphatic rings. The largest absolute Gasteiger partial charge is 0.479 e. The van der Waals surface area contributed by atoms with Gasteiger partial charge in [-0.1, -0.05) is 24.9 Å². The van der Waals surface area contributed by atoms with E-state index in [0.717, 1.165) is 6.42 Å². The third kappa shape index (κ3) is 4.40. The number of carboxylic acid groups (broad SMARTS) is 1. The summed E-state index contributed by atoms with van der Waals surface area (Å²) < 4.78 is 11.2. The maximum atomic E-state index is 11.2. The average Bonchev–Trinajstić information content (AvgIpc) is 2.63. The SMILES string of the molecule is CCC[C@@H](Oc1ccc(Oc2cnc3cc(Cl)ccc3n2)cc1)C(=O)O. The lowest BCUT2D eigenvalue weighted by Gasteiger charge is -2.14. The highest BCUT2D eigenvalue weighted by atomic mass is 35.5. The molecular weight excluding hydrogens is 356 g/mol. The number of aromatic nitrogens is 2. The molecule has 1 heterocycles. The van der Waals surface area contributed by atoms with Gasteiger partial charge in [-0.2, -0.15) is 0 Å². The van der Waals surface area contributed by atoms with Crippen molar-refractivity contribution in [2.75, 3.05) is 0 Å². The first-order valence-electron chi connectivity index (χ1n) is 8.15. The van der Waals surface area contributed by atoms with Gasteiger partial charge in [0.1, 0.15) is 11.5 Å². The first-order valence-corrected chi connectivity index (χ1v) is 8.52. The van der Waals surface area contributed by atoms with E-state index < -0.39 is 12.1 Å². The molecule has 1 aromatic heterocycles. The predicted octanol–water partition coefficient (Wildman–Crippen LogP) is 4.71. The van der Waals surface area contributed by atoms with Crippen LogP contribution in [0.15, 0.2) is 48.7 Å². The number of nitrogens with zero attached hydrogens (tertiary/aromatic N) is 2. The van der Waals surface area contributed by atoms with Crippen LogP contribution in [0.4, 0.5) is 0 Å². The summed E-state index contributed by atoms with van der Waals surface area (Å²) in [5.41, 5.74) is 1.36. The first-order chi connectivity index (χ1) is 12.5. The highest BCUT2D eigenvalue weighted by molar-refractivity contribution is 6.31. The van der Waals surface area contributed by atoms with Crippen LogP contribution in [0.25, 0.3) is 11.0 Å². The van der Waals surface area contributed by atoms with Gasteiger partial charge in [-0.25, -0.2) is 14.8 Å². The minimum atomic E-state index is -0.973. The number of rotatable bonds is 7. The molecule has 0 unspecified atom stereocenters. The molecule has 1 N–H and O–H groups in total. The average molecular weight is 373 g/mol. The summed E-state index contributed by atoms with van der Waals surface area (Å²) in [4.78, 5) is 19.8. The fourth-order valence-electron chi connectivity index (χ4n) is 2.38. The number of carbonyl (C=O) groups is 1. The lowest BCUT2D eigenvalue weighted by Crippen LogP contribution is -2.26. The first kappa shape index (κ1) is 17.9. The Hall–Kier alpha value is -2.86. The molecule has 134 valence electrons. The van der Waals surface area contributed by atoms with Crippen LogP contribution in [0.1, 0.15) is 19.8 Å². The van der Waals surface area contributed by atoms with Crippen LogP contribution in [-0.4, -0.2) is 27.1 Å². The minimum absolute atomic E-state index is 0.350. The van der Waals surface area contributed by atoms with Gasteiger partial charge in [-0.3, -0.25) is 0 Å². The molecule has 0 radical (unpaired) electrons. The van der Waals surface area contributed by atoms with Crippen molar-refractivity contribution in [2.45, 2.75) is 25.9 Å². The van der Waals surface area contributed by atoms with Crippen LogP contribution < -0.4 is 9.47 Å². The zero-order valence-corrected chi connectivity index (χ0v) is 14.8. The van der Waals surface area contributed by atoms with Crippen molar-refractivity contribution < 1.29 is 19.4 Å². The van der Waals surface area contributed by atoms with E-state index in [1.54, 1.807) is 42.5 Å². The second-order valence-electron chi connectivity index (χ2n) is 5.65. The fraction of sp³-hybridized carbons (Fsp3) is 0.211. The Kier molecular flexibility index (Phi) is 5.53. The number of hydrogen-bond donors (Lipinski definition) is 1. The summed E-state index contributed by atoms with van der Waals surface area (Å²) in [5.74, 6) is 0.390. The van der Waals surface area contributed by atoms with Crippen molar-refractivity contribution in [1.82, 2.24) is 9.97 Å². The second kappa shape index (κ2) is 8.01. The van der Waals surface area contributed by atoms with E-state index in [2.05, 4.69) is 9.97 Å². The number of carboxylic acids is 1. The summed E-state index contributed by atoms with van der Waals surface area (Å²) in [6.45, 7) is 1.91. The molecular formula is C19H17ClN2O4. The summed E-state index contributed by atoms with van der Waals surface area (Å²) in [6, 6.07) is 11.9. The molecule has 0 fully saturated rings. The Morgan fingerprint density at radius 2 is 1.88 bits per heavy atom. The van der Waals surface area contributed by atoms with Crippen molar-refractivity contribution in [3.63, 3.8) is 0 Å². The number of aliphatic carboxylic acids is 1. The van der Waals surface area contributed by atoms with Crippen molar-refractivity contribution in [3.8, 4) is 17.4 Å². The summed E-state index contributed by atoms with van der Waals surface area (Å²) in [5, 5.41) is 9.74. The summed E-state index contributed by atoms with van der Waals surface area (Å²) >= 11 is 5.93. The molecule has 0 saturated carbocycles. The number of benzene rings is 2. The molecule has 0 spiro atoms. The van der Waals surface area contributed by atoms with E-state index in [1.165, 1.54) is 6.20 Å². The second-order valence-corrected chi connectivity index (χ2v) is 6.08. The molecule has 2 aromatic carbocycles. The van der Waals surface area contributed by atoms with Gasteiger partial charge in [0.2, 0.25) is 5.88 Å². The Labute approximate surface area is 155 Å². The van der Waals surface area contributed by atoms with Crippen molar-refractivity contribution in [1.29, 1.82) is 0 Å². The van der Waals surface area contributed by atoms with Crippen LogP contribution in [0, 0.1) is 0 Å². The van der Waals surface area contributed by atoms with Crippen molar-refractivity contribution >= 4 is 28.6 Å². The molecule has 0 aliphatic heterocycles. The van der Waals surface area contributed by atoms with Crippen LogP contribution in [0.3, 0.4) is 0 Å². The van der Waals surface area contributed by atoms with E-state index in [-0.39, 0.29) is 0 Å². The van der Waals surface area contributed by atoms with Crippen molar-refractivity contribution in [3.05, 3.63) is 53.7 Å². The van der Waals surface area contributed by atoms with Gasteiger partial charge in [0.25, 0.3) is 0 Å². The smallest absolute Gasteiger partial charge is 0.344 e. The Morgan fingerprint density at radius 1 is 1.15 bits per heavy atom. The number of hydrogen-bond acceptors (Lipinski definition) is 5. The maximum Gasteiger partial charge on any atom is 0.344 e. The molecule has 1 atom stereocenters. The predicted molar refractivity (Wildman–Crippen MR) is 98.0 cm³/mol. The van der Waals surface area contributed by atoms with Gasteiger partial charge < -0.3 is 14.6 Å². The van der Waals surface area contributed by atoms with E-state index in [4.69, 9.17) is 26.2 Å².